The Morgan fingerprint density at radius 2 is 1.88 bits per heavy atom. The van der Waals surface area contributed by atoms with Gasteiger partial charge in [0.25, 0.3) is 0 Å². The van der Waals surface area contributed by atoms with Gasteiger partial charge >= 0.3 is 0 Å². The predicted molar refractivity (Wildman–Crippen MR) is 62.3 cm³/mol. The molecule has 1 fully saturated rings. The number of ketones is 1. The van der Waals surface area contributed by atoms with E-state index in [4.69, 9.17) is 4.74 Å². The lowest BCUT2D eigenvalue weighted by molar-refractivity contribution is 0.0591. The quantitative estimate of drug-likeness (QED) is 0.591. The molecule has 1 saturated heterocycles. The fourth-order valence-corrected chi connectivity index (χ4v) is 1.61. The second kappa shape index (κ2) is 5.59. The summed E-state index contributed by atoms with van der Waals surface area (Å²) in [7, 11) is 0. The van der Waals surface area contributed by atoms with Crippen LogP contribution in [0, 0.1) is 5.82 Å². The van der Waals surface area contributed by atoms with Gasteiger partial charge in [0.15, 0.2) is 5.78 Å². The number of carbonyl (C=O) groups excluding carboxylic acids is 1. The van der Waals surface area contributed by atoms with E-state index >= 15 is 0 Å². The van der Waals surface area contributed by atoms with Crippen molar-refractivity contribution in [3.05, 3.63) is 47.9 Å². The number of hydrogen-bond donors (Lipinski definition) is 0. The average Bonchev–Trinajstić information content (AvgIpc) is 2.38. The molecule has 1 aromatic rings. The van der Waals surface area contributed by atoms with Gasteiger partial charge < -0.3 is 9.64 Å². The van der Waals surface area contributed by atoms with Crippen LogP contribution in [0.25, 0.3) is 0 Å². The van der Waals surface area contributed by atoms with Gasteiger partial charge in [0.2, 0.25) is 0 Å². The molecule has 3 nitrogen and oxygen atoms in total. The Morgan fingerprint density at radius 1 is 1.24 bits per heavy atom. The molecule has 1 aromatic carbocycles. The monoisotopic (exact) mass is 235 g/mol. The fraction of sp³-hybridized carbons (Fsp3) is 0.308. The van der Waals surface area contributed by atoms with E-state index in [-0.39, 0.29) is 11.6 Å². The van der Waals surface area contributed by atoms with Crippen molar-refractivity contribution >= 4 is 5.78 Å². The van der Waals surface area contributed by atoms with Crippen LogP contribution >= 0.6 is 0 Å². The van der Waals surface area contributed by atoms with Crippen molar-refractivity contribution in [2.24, 2.45) is 0 Å². The first-order chi connectivity index (χ1) is 8.25. The molecule has 0 spiro atoms. The van der Waals surface area contributed by atoms with E-state index in [0.29, 0.717) is 18.8 Å². The molecule has 17 heavy (non-hydrogen) atoms. The standard InChI is InChI=1S/C13H14FNO2/c14-12-3-1-11(2-4-12)13(16)5-6-15-7-9-17-10-8-15/h1-6H,7-10H2/b6-5+. The smallest absolute Gasteiger partial charge is 0.187 e. The number of rotatable bonds is 3. The molecular weight excluding hydrogens is 221 g/mol. The van der Waals surface area contributed by atoms with E-state index in [2.05, 4.69) is 0 Å². The minimum Gasteiger partial charge on any atom is -0.378 e. The molecule has 0 amide bonds. The van der Waals surface area contributed by atoms with Crippen LogP contribution in [0.15, 0.2) is 36.5 Å². The Balaban J connectivity index is 1.96. The molecule has 0 aromatic heterocycles. The second-order valence-electron chi connectivity index (χ2n) is 3.84. The fourth-order valence-electron chi connectivity index (χ4n) is 1.61. The van der Waals surface area contributed by atoms with Crippen LogP contribution < -0.4 is 0 Å². The molecule has 0 unspecified atom stereocenters. The van der Waals surface area contributed by atoms with Crippen LogP contribution in [0.3, 0.4) is 0 Å². The Kier molecular flexibility index (Phi) is 3.88. The molecular formula is C13H14FNO2. The van der Waals surface area contributed by atoms with Crippen molar-refractivity contribution in [1.82, 2.24) is 4.90 Å². The first kappa shape index (κ1) is 11.8. The minimum atomic E-state index is -0.335. The summed E-state index contributed by atoms with van der Waals surface area (Å²) in [4.78, 5) is 13.8. The lowest BCUT2D eigenvalue weighted by Gasteiger charge is -2.24. The van der Waals surface area contributed by atoms with E-state index in [1.165, 1.54) is 30.3 Å². The molecule has 4 heteroatoms. The highest BCUT2D eigenvalue weighted by Crippen LogP contribution is 2.05. The number of allylic oxidation sites excluding steroid dienone is 1. The van der Waals surface area contributed by atoms with Gasteiger partial charge in [-0.15, -0.1) is 0 Å². The highest BCUT2D eigenvalue weighted by atomic mass is 19.1. The summed E-state index contributed by atoms with van der Waals surface area (Å²) in [6.45, 7) is 2.98. The summed E-state index contributed by atoms with van der Waals surface area (Å²) >= 11 is 0. The zero-order chi connectivity index (χ0) is 12.1. The van der Waals surface area contributed by atoms with E-state index in [0.717, 1.165) is 13.1 Å². The molecule has 0 aliphatic carbocycles. The Labute approximate surface area is 99.5 Å². The lowest BCUT2D eigenvalue weighted by Crippen LogP contribution is -2.32. The van der Waals surface area contributed by atoms with E-state index in [1.54, 1.807) is 6.20 Å². The number of ether oxygens (including phenoxy) is 1. The predicted octanol–water partition coefficient (Wildman–Crippen LogP) is 1.85. The summed E-state index contributed by atoms with van der Waals surface area (Å²) in [5, 5.41) is 0. The number of halogens is 1. The molecule has 90 valence electrons. The van der Waals surface area contributed by atoms with E-state index in [9.17, 15) is 9.18 Å². The van der Waals surface area contributed by atoms with Gasteiger partial charge in [0, 0.05) is 30.9 Å². The van der Waals surface area contributed by atoms with Crippen molar-refractivity contribution in [3.63, 3.8) is 0 Å². The zero-order valence-electron chi connectivity index (χ0n) is 9.43. The van der Waals surface area contributed by atoms with Gasteiger partial charge in [-0.3, -0.25) is 4.79 Å². The summed E-state index contributed by atoms with van der Waals surface area (Å²) in [5.41, 5.74) is 0.496. The Morgan fingerprint density at radius 3 is 2.53 bits per heavy atom. The van der Waals surface area contributed by atoms with Gasteiger partial charge in [-0.1, -0.05) is 0 Å². The van der Waals surface area contributed by atoms with Gasteiger partial charge in [0.05, 0.1) is 13.2 Å². The van der Waals surface area contributed by atoms with Crippen molar-refractivity contribution < 1.29 is 13.9 Å². The third-order valence-electron chi connectivity index (χ3n) is 2.61. The molecule has 2 rings (SSSR count). The van der Waals surface area contributed by atoms with Gasteiger partial charge in [-0.05, 0) is 24.3 Å². The molecule has 1 aliphatic heterocycles. The van der Waals surface area contributed by atoms with Crippen molar-refractivity contribution in [2.45, 2.75) is 0 Å². The highest BCUT2D eigenvalue weighted by Gasteiger charge is 2.07. The van der Waals surface area contributed by atoms with Crippen LogP contribution in [0.5, 0.6) is 0 Å². The van der Waals surface area contributed by atoms with Crippen molar-refractivity contribution in [3.8, 4) is 0 Å². The summed E-state index contributed by atoms with van der Waals surface area (Å²) < 4.78 is 17.9. The molecule has 1 heterocycles. The van der Waals surface area contributed by atoms with Crippen LogP contribution in [-0.4, -0.2) is 37.0 Å². The summed E-state index contributed by atoms with van der Waals surface area (Å²) in [6, 6.07) is 5.55. The first-order valence-electron chi connectivity index (χ1n) is 5.55. The molecule has 0 saturated carbocycles. The topological polar surface area (TPSA) is 29.5 Å². The largest absolute Gasteiger partial charge is 0.378 e. The first-order valence-corrected chi connectivity index (χ1v) is 5.55. The molecule has 0 N–H and O–H groups in total. The third-order valence-corrected chi connectivity index (χ3v) is 2.61. The average molecular weight is 235 g/mol. The van der Waals surface area contributed by atoms with Crippen molar-refractivity contribution in [1.29, 1.82) is 0 Å². The summed E-state index contributed by atoms with van der Waals surface area (Å²) in [5.74, 6) is -0.449. The van der Waals surface area contributed by atoms with Crippen molar-refractivity contribution in [2.75, 3.05) is 26.3 Å². The maximum absolute atomic E-state index is 12.7. The maximum atomic E-state index is 12.7. The van der Waals surface area contributed by atoms with Crippen LogP contribution in [0.2, 0.25) is 0 Å². The minimum absolute atomic E-state index is 0.114. The Bertz CT molecular complexity index is 408. The molecule has 1 aliphatic rings. The van der Waals surface area contributed by atoms with E-state index < -0.39 is 0 Å². The van der Waals surface area contributed by atoms with Crippen LogP contribution in [0.1, 0.15) is 10.4 Å². The molecule has 0 atom stereocenters. The SMILES string of the molecule is O=C(/C=C/N1CCOCC1)c1ccc(F)cc1. The van der Waals surface area contributed by atoms with Gasteiger partial charge in [-0.25, -0.2) is 4.39 Å². The number of carbonyl (C=O) groups is 1. The number of nitrogens with zero attached hydrogens (tertiary/aromatic N) is 1. The highest BCUT2D eigenvalue weighted by molar-refractivity contribution is 6.04. The Hall–Kier alpha value is -1.68. The van der Waals surface area contributed by atoms with Gasteiger partial charge in [0.1, 0.15) is 5.82 Å². The van der Waals surface area contributed by atoms with Gasteiger partial charge in [-0.2, -0.15) is 0 Å². The molecule has 0 bridgehead atoms. The second-order valence-corrected chi connectivity index (χ2v) is 3.84. The number of benzene rings is 1. The maximum Gasteiger partial charge on any atom is 0.187 e. The number of hydrogen-bond acceptors (Lipinski definition) is 3. The van der Waals surface area contributed by atoms with Crippen LogP contribution in [-0.2, 0) is 4.74 Å². The lowest BCUT2D eigenvalue weighted by atomic mass is 10.1. The zero-order valence-corrected chi connectivity index (χ0v) is 9.43. The number of morpholine rings is 1. The third kappa shape index (κ3) is 3.39. The summed E-state index contributed by atoms with van der Waals surface area (Å²) in [6.07, 6.45) is 3.28. The molecule has 0 radical (unpaired) electrons. The normalized spacial score (nSPS) is 16.4. The van der Waals surface area contributed by atoms with Crippen LogP contribution in [0.4, 0.5) is 4.39 Å². The van der Waals surface area contributed by atoms with E-state index in [1.807, 2.05) is 4.90 Å².